The predicted molar refractivity (Wildman–Crippen MR) is 86.6 cm³/mol. The molecule has 0 saturated carbocycles. The number of nitrogens with zero attached hydrogens (tertiary/aromatic N) is 2. The lowest BCUT2D eigenvalue weighted by Crippen LogP contribution is -2.29. The largest absolute Gasteiger partial charge is 0.399 e. The number of hydrogen-bond acceptors (Lipinski definition) is 4. The predicted octanol–water partition coefficient (Wildman–Crippen LogP) is 3.21. The summed E-state index contributed by atoms with van der Waals surface area (Å²) >= 11 is 1.66. The maximum Gasteiger partial charge on any atom is 0.227 e. The number of carbonyl (C=O) groups excluding carboxylic acids is 1. The van der Waals surface area contributed by atoms with Gasteiger partial charge in [0.1, 0.15) is 5.01 Å². The van der Waals surface area contributed by atoms with Gasteiger partial charge in [0.25, 0.3) is 0 Å². The molecule has 110 valence electrons. The van der Waals surface area contributed by atoms with Crippen molar-refractivity contribution in [2.75, 3.05) is 10.6 Å². The van der Waals surface area contributed by atoms with Gasteiger partial charge in [0.15, 0.2) is 0 Å². The van der Waals surface area contributed by atoms with Crippen LogP contribution in [-0.2, 0) is 17.8 Å². The molecule has 0 unspecified atom stereocenters. The fraction of sp³-hybridized carbons (Fsp3) is 0.375. The van der Waals surface area contributed by atoms with Crippen LogP contribution in [0.2, 0.25) is 0 Å². The maximum absolute atomic E-state index is 12.4. The van der Waals surface area contributed by atoms with E-state index in [9.17, 15) is 4.79 Å². The van der Waals surface area contributed by atoms with E-state index in [0.717, 1.165) is 40.5 Å². The van der Waals surface area contributed by atoms with Crippen LogP contribution in [0.3, 0.4) is 0 Å². The number of thiazole rings is 1. The first kappa shape index (κ1) is 14.1. The molecule has 1 aliphatic rings. The zero-order valence-electron chi connectivity index (χ0n) is 12.3. The Morgan fingerprint density at radius 1 is 1.33 bits per heavy atom. The second kappa shape index (κ2) is 5.48. The smallest absolute Gasteiger partial charge is 0.227 e. The molecule has 0 radical (unpaired) electrons. The molecule has 3 rings (SSSR count). The summed E-state index contributed by atoms with van der Waals surface area (Å²) in [6.45, 7) is 4.62. The number of hydrogen-bond donors (Lipinski definition) is 1. The van der Waals surface area contributed by atoms with Gasteiger partial charge in [0.2, 0.25) is 5.91 Å². The molecule has 0 saturated heterocycles. The number of amides is 1. The lowest BCUT2D eigenvalue weighted by molar-refractivity contribution is -0.118. The molecule has 1 aromatic carbocycles. The van der Waals surface area contributed by atoms with Crippen LogP contribution < -0.4 is 10.6 Å². The second-order valence-corrected chi connectivity index (χ2v) is 6.76. The number of nitrogens with two attached hydrogens (primary N) is 1. The van der Waals surface area contributed by atoms with Gasteiger partial charge in [0.05, 0.1) is 12.2 Å². The lowest BCUT2D eigenvalue weighted by atomic mass is 10.1. The first-order valence-corrected chi connectivity index (χ1v) is 7.98. The molecule has 0 fully saturated rings. The Morgan fingerprint density at radius 2 is 2.14 bits per heavy atom. The number of rotatable bonds is 2. The van der Waals surface area contributed by atoms with Gasteiger partial charge in [-0.05, 0) is 50.5 Å². The summed E-state index contributed by atoms with van der Waals surface area (Å²) in [5, 5.41) is 0.989. The van der Waals surface area contributed by atoms with Crippen LogP contribution in [-0.4, -0.2) is 10.9 Å². The van der Waals surface area contributed by atoms with Crippen LogP contribution in [0.4, 0.5) is 11.4 Å². The number of aromatic nitrogens is 1. The van der Waals surface area contributed by atoms with Gasteiger partial charge in [-0.15, -0.1) is 11.3 Å². The van der Waals surface area contributed by atoms with Crippen molar-refractivity contribution in [3.63, 3.8) is 0 Å². The Balaban J connectivity index is 1.97. The average Bonchev–Trinajstić information content (AvgIpc) is 2.66. The summed E-state index contributed by atoms with van der Waals surface area (Å²) in [4.78, 5) is 20.1. The second-order valence-electron chi connectivity index (χ2n) is 5.47. The Bertz CT molecular complexity index is 673. The van der Waals surface area contributed by atoms with Crippen LogP contribution in [0.15, 0.2) is 18.2 Å². The van der Waals surface area contributed by atoms with Gasteiger partial charge in [-0.2, -0.15) is 0 Å². The van der Waals surface area contributed by atoms with E-state index < -0.39 is 0 Å². The molecule has 1 aliphatic heterocycles. The summed E-state index contributed by atoms with van der Waals surface area (Å²) in [6, 6.07) is 5.81. The molecule has 2 aromatic rings. The van der Waals surface area contributed by atoms with Gasteiger partial charge >= 0.3 is 0 Å². The van der Waals surface area contributed by atoms with Crippen molar-refractivity contribution in [2.24, 2.45) is 0 Å². The fourth-order valence-electron chi connectivity index (χ4n) is 2.68. The molecule has 2 heterocycles. The topological polar surface area (TPSA) is 59.2 Å². The van der Waals surface area contributed by atoms with E-state index in [-0.39, 0.29) is 5.91 Å². The minimum atomic E-state index is 0.170. The quantitative estimate of drug-likeness (QED) is 0.866. The summed E-state index contributed by atoms with van der Waals surface area (Å²) < 4.78 is 0. The highest BCUT2D eigenvalue weighted by molar-refractivity contribution is 7.11. The number of fused-ring (bicyclic) bond motifs is 1. The molecule has 0 atom stereocenters. The number of aryl methyl sites for hydroxylation is 3. The maximum atomic E-state index is 12.4. The highest BCUT2D eigenvalue weighted by Gasteiger charge is 2.23. The van der Waals surface area contributed by atoms with Crippen LogP contribution >= 0.6 is 11.3 Å². The van der Waals surface area contributed by atoms with Crippen LogP contribution in [0.1, 0.15) is 34.0 Å². The van der Waals surface area contributed by atoms with Gasteiger partial charge in [-0.1, -0.05) is 0 Å². The van der Waals surface area contributed by atoms with Gasteiger partial charge in [0, 0.05) is 22.7 Å². The highest BCUT2D eigenvalue weighted by atomic mass is 32.1. The normalized spacial score (nSPS) is 15.0. The summed E-state index contributed by atoms with van der Waals surface area (Å²) in [7, 11) is 0. The molecule has 1 amide bonds. The van der Waals surface area contributed by atoms with Crippen LogP contribution in [0.25, 0.3) is 0 Å². The van der Waals surface area contributed by atoms with E-state index in [1.54, 1.807) is 11.3 Å². The van der Waals surface area contributed by atoms with Crippen molar-refractivity contribution in [2.45, 2.75) is 39.7 Å². The molecule has 0 aliphatic carbocycles. The van der Waals surface area contributed by atoms with Crippen LogP contribution in [0, 0.1) is 13.8 Å². The Labute approximate surface area is 128 Å². The van der Waals surface area contributed by atoms with Gasteiger partial charge in [-0.25, -0.2) is 4.98 Å². The SMILES string of the molecule is Cc1nc(CN2C(=O)CCCc3cc(N)ccc32)sc1C. The third-order valence-electron chi connectivity index (χ3n) is 3.90. The molecule has 2 N–H and O–H groups in total. The van der Waals surface area contributed by atoms with E-state index in [0.29, 0.717) is 13.0 Å². The first-order chi connectivity index (χ1) is 10.0. The third kappa shape index (κ3) is 2.78. The molecular formula is C16H19N3OS. The average molecular weight is 301 g/mol. The zero-order valence-corrected chi connectivity index (χ0v) is 13.2. The summed E-state index contributed by atoms with van der Waals surface area (Å²) in [5.74, 6) is 0.170. The fourth-order valence-corrected chi connectivity index (χ4v) is 3.61. The van der Waals surface area contributed by atoms with E-state index in [1.807, 2.05) is 30.0 Å². The molecule has 4 nitrogen and oxygen atoms in total. The van der Waals surface area contributed by atoms with Crippen molar-refractivity contribution in [3.8, 4) is 0 Å². The number of benzene rings is 1. The highest BCUT2D eigenvalue weighted by Crippen LogP contribution is 2.31. The number of nitrogen functional groups attached to an aromatic ring is 1. The lowest BCUT2D eigenvalue weighted by Gasteiger charge is -2.22. The van der Waals surface area contributed by atoms with Crippen molar-refractivity contribution < 1.29 is 4.79 Å². The van der Waals surface area contributed by atoms with E-state index in [1.165, 1.54) is 4.88 Å². The third-order valence-corrected chi connectivity index (χ3v) is 4.96. The van der Waals surface area contributed by atoms with E-state index in [2.05, 4.69) is 11.9 Å². The molecular weight excluding hydrogens is 282 g/mol. The molecule has 0 bridgehead atoms. The summed E-state index contributed by atoms with van der Waals surface area (Å²) in [6.07, 6.45) is 2.36. The van der Waals surface area contributed by atoms with Crippen molar-refractivity contribution in [1.82, 2.24) is 4.98 Å². The molecule has 1 aromatic heterocycles. The number of anilines is 2. The van der Waals surface area contributed by atoms with Crippen molar-refractivity contribution in [3.05, 3.63) is 39.3 Å². The Kier molecular flexibility index (Phi) is 3.68. The molecule has 21 heavy (non-hydrogen) atoms. The zero-order chi connectivity index (χ0) is 15.0. The minimum absolute atomic E-state index is 0.170. The Hall–Kier alpha value is -1.88. The first-order valence-electron chi connectivity index (χ1n) is 7.16. The number of carbonyl (C=O) groups is 1. The van der Waals surface area contributed by atoms with Crippen molar-refractivity contribution >= 4 is 28.6 Å². The minimum Gasteiger partial charge on any atom is -0.399 e. The Morgan fingerprint density at radius 3 is 2.86 bits per heavy atom. The monoisotopic (exact) mass is 301 g/mol. The standard InChI is InChI=1S/C16H19N3OS/c1-10-11(2)21-15(18-10)9-19-14-7-6-13(17)8-12(14)4-3-5-16(19)20/h6-8H,3-5,9,17H2,1-2H3. The molecule has 0 spiro atoms. The van der Waals surface area contributed by atoms with Crippen molar-refractivity contribution in [1.29, 1.82) is 0 Å². The van der Waals surface area contributed by atoms with E-state index in [4.69, 9.17) is 5.73 Å². The van der Waals surface area contributed by atoms with Crippen LogP contribution in [0.5, 0.6) is 0 Å². The van der Waals surface area contributed by atoms with E-state index >= 15 is 0 Å². The molecule has 5 heteroatoms. The van der Waals surface area contributed by atoms with Gasteiger partial charge in [-0.3, -0.25) is 4.79 Å². The van der Waals surface area contributed by atoms with Gasteiger partial charge < -0.3 is 10.6 Å². The summed E-state index contributed by atoms with van der Waals surface area (Å²) in [5.41, 5.74) is 9.82.